The molecule has 2 heterocycles. The zero-order chi connectivity index (χ0) is 26.2. The van der Waals surface area contributed by atoms with Crippen LogP contribution in [-0.2, 0) is 4.79 Å². The van der Waals surface area contributed by atoms with Crippen LogP contribution in [0.2, 0.25) is 0 Å². The lowest BCUT2D eigenvalue weighted by Crippen LogP contribution is -2.55. The van der Waals surface area contributed by atoms with Gasteiger partial charge in [0.1, 0.15) is 11.6 Å². The van der Waals surface area contributed by atoms with Crippen LogP contribution >= 0.6 is 0 Å². The van der Waals surface area contributed by atoms with Gasteiger partial charge in [0.25, 0.3) is 0 Å². The Bertz CT molecular complexity index is 1250. The molecule has 1 saturated heterocycles. The Balaban J connectivity index is 1.31. The maximum absolute atomic E-state index is 13.6. The van der Waals surface area contributed by atoms with Gasteiger partial charge in [0, 0.05) is 31.7 Å². The lowest BCUT2D eigenvalue weighted by Gasteiger charge is -2.44. The molecule has 3 aromatic carbocycles. The molecule has 6 heteroatoms. The predicted octanol–water partition coefficient (Wildman–Crippen LogP) is 5.90. The Morgan fingerprint density at radius 3 is 1.95 bits per heavy atom. The van der Waals surface area contributed by atoms with Crippen LogP contribution in [0.3, 0.4) is 0 Å². The average Bonchev–Trinajstić information content (AvgIpc) is 2.87. The summed E-state index contributed by atoms with van der Waals surface area (Å²) >= 11 is 0. The number of rotatable bonds is 5. The van der Waals surface area contributed by atoms with Gasteiger partial charge < -0.3 is 4.90 Å². The normalized spacial score (nSPS) is 18.0. The number of anilines is 1. The summed E-state index contributed by atoms with van der Waals surface area (Å²) in [7, 11) is 0. The van der Waals surface area contributed by atoms with Gasteiger partial charge in [-0.25, -0.2) is 8.78 Å². The summed E-state index contributed by atoms with van der Waals surface area (Å²) in [5.41, 5.74) is 4.77. The second-order valence-corrected chi connectivity index (χ2v) is 10.5. The Hall–Kier alpha value is -3.35. The van der Waals surface area contributed by atoms with Crippen molar-refractivity contribution in [2.45, 2.75) is 32.4 Å². The first-order chi connectivity index (χ1) is 17.7. The lowest BCUT2D eigenvalue weighted by atomic mass is 9.88. The third kappa shape index (κ3) is 5.22. The minimum Gasteiger partial charge on any atom is -0.302 e. The molecule has 0 bridgehead atoms. The number of carbonyl (C=O) groups excluding carboxylic acids is 1. The molecule has 1 amide bonds. The number of allylic oxidation sites excluding steroid dienone is 1. The molecule has 0 aliphatic carbocycles. The van der Waals surface area contributed by atoms with E-state index in [1.807, 2.05) is 23.1 Å². The topological polar surface area (TPSA) is 26.8 Å². The highest BCUT2D eigenvalue weighted by Gasteiger charge is 2.36. The summed E-state index contributed by atoms with van der Waals surface area (Å²) < 4.78 is 27.3. The number of fused-ring (bicyclic) bond motifs is 1. The molecule has 4 nitrogen and oxygen atoms in total. The van der Waals surface area contributed by atoms with Crippen molar-refractivity contribution in [3.05, 3.63) is 107 Å². The van der Waals surface area contributed by atoms with Gasteiger partial charge in [-0.2, -0.15) is 0 Å². The number of hydrogen-bond donors (Lipinski definition) is 0. The highest BCUT2D eigenvalue weighted by Crippen LogP contribution is 2.39. The first-order valence-electron chi connectivity index (χ1n) is 12.8. The van der Waals surface area contributed by atoms with E-state index in [4.69, 9.17) is 0 Å². The molecule has 0 N–H and O–H groups in total. The molecule has 5 rings (SSSR count). The van der Waals surface area contributed by atoms with Crippen LogP contribution in [0.1, 0.15) is 43.5 Å². The summed E-state index contributed by atoms with van der Waals surface area (Å²) in [5, 5.41) is 0. The number of benzene rings is 3. The Kier molecular flexibility index (Phi) is 6.97. The third-order valence-corrected chi connectivity index (χ3v) is 7.47. The molecule has 0 saturated carbocycles. The largest absolute Gasteiger partial charge is 0.302 e. The number of amides is 1. The van der Waals surface area contributed by atoms with Crippen LogP contribution in [0, 0.1) is 11.6 Å². The van der Waals surface area contributed by atoms with Gasteiger partial charge in [-0.3, -0.25) is 14.6 Å². The molecule has 192 valence electrons. The second kappa shape index (κ2) is 10.2. The summed E-state index contributed by atoms with van der Waals surface area (Å²) in [6, 6.07) is 21.0. The quantitative estimate of drug-likeness (QED) is 0.436. The van der Waals surface area contributed by atoms with Crippen molar-refractivity contribution in [3.63, 3.8) is 0 Å². The van der Waals surface area contributed by atoms with E-state index in [0.717, 1.165) is 48.6 Å². The highest BCUT2D eigenvalue weighted by atomic mass is 19.1. The van der Waals surface area contributed by atoms with E-state index in [2.05, 4.69) is 42.7 Å². The molecule has 2 aliphatic rings. The number of hydrogen-bond acceptors (Lipinski definition) is 3. The minimum absolute atomic E-state index is 0.0864. The van der Waals surface area contributed by atoms with Crippen LogP contribution in [-0.4, -0.2) is 54.0 Å². The maximum atomic E-state index is 13.6. The third-order valence-electron chi connectivity index (χ3n) is 7.47. The van der Waals surface area contributed by atoms with Gasteiger partial charge in [-0.1, -0.05) is 48.5 Å². The number of para-hydroxylation sites is 1. The monoisotopic (exact) mass is 501 g/mol. The van der Waals surface area contributed by atoms with Crippen LogP contribution in [0.25, 0.3) is 5.57 Å². The van der Waals surface area contributed by atoms with Gasteiger partial charge in [0.05, 0.1) is 23.8 Å². The van der Waals surface area contributed by atoms with Crippen LogP contribution in [0.15, 0.2) is 78.9 Å². The van der Waals surface area contributed by atoms with Crippen molar-refractivity contribution >= 4 is 17.2 Å². The van der Waals surface area contributed by atoms with Crippen LogP contribution in [0.4, 0.5) is 14.5 Å². The number of nitrogens with zero attached hydrogens (tertiary/aromatic N) is 3. The van der Waals surface area contributed by atoms with E-state index in [-0.39, 0.29) is 23.6 Å². The molecule has 0 unspecified atom stereocenters. The fourth-order valence-corrected chi connectivity index (χ4v) is 5.79. The highest BCUT2D eigenvalue weighted by molar-refractivity contribution is 6.01. The predicted molar refractivity (Wildman–Crippen MR) is 144 cm³/mol. The number of piperazine rings is 1. The smallest absolute Gasteiger partial charge is 0.241 e. The second-order valence-electron chi connectivity index (χ2n) is 10.5. The fourth-order valence-electron chi connectivity index (χ4n) is 5.79. The lowest BCUT2D eigenvalue weighted by molar-refractivity contribution is -0.121. The van der Waals surface area contributed by atoms with E-state index in [1.165, 1.54) is 29.8 Å². The van der Waals surface area contributed by atoms with E-state index >= 15 is 0 Å². The fraction of sp³-hybridized carbons (Fsp3) is 0.323. The molecule has 3 aromatic rings. The molecule has 0 spiro atoms. The van der Waals surface area contributed by atoms with Gasteiger partial charge in [-0.05, 0) is 67.8 Å². The average molecular weight is 502 g/mol. The van der Waals surface area contributed by atoms with E-state index in [9.17, 15) is 13.6 Å². The molecule has 0 radical (unpaired) electrons. The van der Waals surface area contributed by atoms with Crippen LogP contribution in [0.5, 0.6) is 0 Å². The first-order valence-corrected chi connectivity index (χ1v) is 12.8. The zero-order valence-electron chi connectivity index (χ0n) is 21.6. The Morgan fingerprint density at radius 1 is 0.838 bits per heavy atom. The van der Waals surface area contributed by atoms with Gasteiger partial charge in [0.2, 0.25) is 5.91 Å². The molecular weight excluding hydrogens is 468 g/mol. The molecular formula is C31H33F2N3O. The zero-order valence-corrected chi connectivity index (χ0v) is 21.6. The Labute approximate surface area is 217 Å². The van der Waals surface area contributed by atoms with Crippen molar-refractivity contribution in [2.75, 3.05) is 37.6 Å². The number of carbonyl (C=O) groups is 1. The van der Waals surface area contributed by atoms with Crippen molar-refractivity contribution in [3.8, 4) is 0 Å². The summed E-state index contributed by atoms with van der Waals surface area (Å²) in [6.07, 6.45) is 2.17. The van der Waals surface area contributed by atoms with E-state index in [0.29, 0.717) is 6.54 Å². The first kappa shape index (κ1) is 25.3. The summed E-state index contributed by atoms with van der Waals surface area (Å²) in [5.74, 6) is -0.474. The van der Waals surface area contributed by atoms with Gasteiger partial charge in [0.15, 0.2) is 0 Å². The molecule has 2 aliphatic heterocycles. The van der Waals surface area contributed by atoms with Gasteiger partial charge >= 0.3 is 0 Å². The summed E-state index contributed by atoms with van der Waals surface area (Å²) in [4.78, 5) is 20.1. The van der Waals surface area contributed by atoms with Crippen molar-refractivity contribution in [2.24, 2.45) is 0 Å². The molecule has 0 aromatic heterocycles. The van der Waals surface area contributed by atoms with Crippen molar-refractivity contribution in [1.82, 2.24) is 9.80 Å². The van der Waals surface area contributed by atoms with Crippen molar-refractivity contribution < 1.29 is 13.6 Å². The maximum Gasteiger partial charge on any atom is 0.241 e. The molecule has 1 fully saturated rings. The molecule has 37 heavy (non-hydrogen) atoms. The van der Waals surface area contributed by atoms with E-state index < -0.39 is 5.54 Å². The standard InChI is InChI=1S/C31H33F2N3O/c1-22-20-31(2,3)36(28-7-5-4-6-27(22)28)29(37)21-34-16-18-35(19-17-34)30(23-8-12-25(32)13-9-23)24-10-14-26(33)15-11-24/h4-15,20,30H,16-19,21H2,1-3H3. The minimum atomic E-state index is -0.409. The SMILES string of the molecule is CC1=CC(C)(C)N(C(=O)CN2CCN(C(c3ccc(F)cc3)c3ccc(F)cc3)CC2)c2ccccc21. The summed E-state index contributed by atoms with van der Waals surface area (Å²) in [6.45, 7) is 9.55. The van der Waals surface area contributed by atoms with Gasteiger partial charge in [-0.15, -0.1) is 0 Å². The number of halogens is 2. The molecule has 0 atom stereocenters. The Morgan fingerprint density at radius 2 is 1.38 bits per heavy atom. The van der Waals surface area contributed by atoms with Crippen LogP contribution < -0.4 is 4.90 Å². The van der Waals surface area contributed by atoms with Crippen molar-refractivity contribution in [1.29, 1.82) is 0 Å². The van der Waals surface area contributed by atoms with E-state index in [1.54, 1.807) is 24.3 Å².